The van der Waals surface area contributed by atoms with Crippen LogP contribution in [0.1, 0.15) is 37.0 Å². The Morgan fingerprint density at radius 3 is 2.95 bits per heavy atom. The summed E-state index contributed by atoms with van der Waals surface area (Å²) in [5.41, 5.74) is 0. The Hall–Kier alpha value is -1.88. The van der Waals surface area contributed by atoms with E-state index in [9.17, 15) is 0 Å². The van der Waals surface area contributed by atoms with Gasteiger partial charge in [0.25, 0.3) is 0 Å². The maximum atomic E-state index is 5.63. The summed E-state index contributed by atoms with van der Waals surface area (Å²) in [7, 11) is 0. The van der Waals surface area contributed by atoms with Gasteiger partial charge < -0.3 is 14.6 Å². The fraction of sp³-hybridized carbons (Fsp3) is 0.467. The van der Waals surface area contributed by atoms with E-state index in [2.05, 4.69) is 15.5 Å². The molecule has 0 amide bonds. The SMILES string of the molecule is c1ccc(OCCc2noc([C@@H]3CCCCN3)n2)cc1. The van der Waals surface area contributed by atoms with Crippen LogP contribution in [0.15, 0.2) is 34.9 Å². The van der Waals surface area contributed by atoms with Crippen molar-refractivity contribution in [1.82, 2.24) is 15.5 Å². The zero-order valence-electron chi connectivity index (χ0n) is 11.4. The van der Waals surface area contributed by atoms with Crippen LogP contribution in [0.5, 0.6) is 5.75 Å². The normalized spacial score (nSPS) is 18.9. The van der Waals surface area contributed by atoms with Gasteiger partial charge in [-0.3, -0.25) is 0 Å². The molecule has 0 bridgehead atoms. The lowest BCUT2D eigenvalue weighted by Crippen LogP contribution is -2.27. The Bertz CT molecular complexity index is 521. The summed E-state index contributed by atoms with van der Waals surface area (Å²) in [5, 5.41) is 7.42. The van der Waals surface area contributed by atoms with Crippen molar-refractivity contribution in [3.05, 3.63) is 42.0 Å². The number of hydrogen-bond donors (Lipinski definition) is 1. The molecule has 1 aliphatic heterocycles. The summed E-state index contributed by atoms with van der Waals surface area (Å²) in [5.74, 6) is 2.29. The molecule has 0 spiro atoms. The van der Waals surface area contributed by atoms with Gasteiger partial charge in [-0.1, -0.05) is 29.8 Å². The standard InChI is InChI=1S/C15H19N3O2/c1-2-6-12(7-3-1)19-11-9-14-17-15(20-18-14)13-8-4-5-10-16-13/h1-3,6-7,13,16H,4-5,8-11H2/t13-/m0/s1. The number of rotatable bonds is 5. The predicted octanol–water partition coefficient (Wildman–Crippen LogP) is 2.51. The lowest BCUT2D eigenvalue weighted by molar-refractivity contribution is 0.292. The Kier molecular flexibility index (Phi) is 4.28. The average molecular weight is 273 g/mol. The van der Waals surface area contributed by atoms with Gasteiger partial charge in [0, 0.05) is 6.42 Å². The molecule has 2 heterocycles. The first-order valence-electron chi connectivity index (χ1n) is 7.15. The second-order valence-corrected chi connectivity index (χ2v) is 4.96. The molecule has 1 N–H and O–H groups in total. The Balaban J connectivity index is 1.50. The van der Waals surface area contributed by atoms with Crippen LogP contribution >= 0.6 is 0 Å². The lowest BCUT2D eigenvalue weighted by Gasteiger charge is -2.19. The van der Waals surface area contributed by atoms with Gasteiger partial charge in [0.05, 0.1) is 12.6 Å². The molecule has 3 rings (SSSR count). The summed E-state index contributed by atoms with van der Waals surface area (Å²) in [6.07, 6.45) is 4.17. The van der Waals surface area contributed by atoms with Gasteiger partial charge in [-0.2, -0.15) is 4.98 Å². The van der Waals surface area contributed by atoms with Crippen molar-refractivity contribution < 1.29 is 9.26 Å². The molecule has 1 saturated heterocycles. The molecule has 5 heteroatoms. The summed E-state index contributed by atoms with van der Waals surface area (Å²) in [4.78, 5) is 4.44. The summed E-state index contributed by atoms with van der Waals surface area (Å²) < 4.78 is 11.0. The van der Waals surface area contributed by atoms with E-state index >= 15 is 0 Å². The van der Waals surface area contributed by atoms with E-state index in [1.165, 1.54) is 12.8 Å². The fourth-order valence-electron chi connectivity index (χ4n) is 2.35. The highest BCUT2D eigenvalue weighted by Crippen LogP contribution is 2.21. The van der Waals surface area contributed by atoms with Gasteiger partial charge in [-0.05, 0) is 31.5 Å². The van der Waals surface area contributed by atoms with Crippen LogP contribution in [-0.4, -0.2) is 23.3 Å². The molecule has 0 unspecified atom stereocenters. The van der Waals surface area contributed by atoms with Gasteiger partial charge in [-0.15, -0.1) is 0 Å². The van der Waals surface area contributed by atoms with Crippen LogP contribution < -0.4 is 10.1 Å². The van der Waals surface area contributed by atoms with E-state index in [-0.39, 0.29) is 6.04 Å². The molecule has 106 valence electrons. The van der Waals surface area contributed by atoms with E-state index in [4.69, 9.17) is 9.26 Å². The molecule has 20 heavy (non-hydrogen) atoms. The number of piperidine rings is 1. The van der Waals surface area contributed by atoms with E-state index in [0.717, 1.165) is 18.7 Å². The van der Waals surface area contributed by atoms with E-state index < -0.39 is 0 Å². The van der Waals surface area contributed by atoms with Gasteiger partial charge in [0.1, 0.15) is 5.75 Å². The third kappa shape index (κ3) is 3.36. The Morgan fingerprint density at radius 1 is 1.25 bits per heavy atom. The number of benzene rings is 1. The third-order valence-electron chi connectivity index (χ3n) is 3.43. The minimum atomic E-state index is 0.222. The summed E-state index contributed by atoms with van der Waals surface area (Å²) in [6.45, 7) is 1.58. The van der Waals surface area contributed by atoms with Crippen molar-refractivity contribution in [2.75, 3.05) is 13.2 Å². The van der Waals surface area contributed by atoms with E-state index in [1.54, 1.807) is 0 Å². The molecule has 0 aliphatic carbocycles. The van der Waals surface area contributed by atoms with Gasteiger partial charge in [0.15, 0.2) is 5.82 Å². The van der Waals surface area contributed by atoms with Crippen LogP contribution in [0.2, 0.25) is 0 Å². The molecule has 0 radical (unpaired) electrons. The smallest absolute Gasteiger partial charge is 0.243 e. The number of nitrogens with zero attached hydrogens (tertiary/aromatic N) is 2. The maximum absolute atomic E-state index is 5.63. The zero-order chi connectivity index (χ0) is 13.6. The van der Waals surface area contributed by atoms with Gasteiger partial charge >= 0.3 is 0 Å². The van der Waals surface area contributed by atoms with Crippen molar-refractivity contribution in [1.29, 1.82) is 0 Å². The van der Waals surface area contributed by atoms with Crippen molar-refractivity contribution in [3.63, 3.8) is 0 Å². The molecule has 1 aromatic carbocycles. The third-order valence-corrected chi connectivity index (χ3v) is 3.43. The molecule has 1 atom stereocenters. The fourth-order valence-corrected chi connectivity index (χ4v) is 2.35. The van der Waals surface area contributed by atoms with Crippen LogP contribution in [0.25, 0.3) is 0 Å². The highest BCUT2D eigenvalue weighted by atomic mass is 16.5. The minimum Gasteiger partial charge on any atom is -0.493 e. The van der Waals surface area contributed by atoms with Crippen LogP contribution in [0.4, 0.5) is 0 Å². The quantitative estimate of drug-likeness (QED) is 0.907. The summed E-state index contributed by atoms with van der Waals surface area (Å²) >= 11 is 0. The summed E-state index contributed by atoms with van der Waals surface area (Å²) in [6, 6.07) is 9.98. The van der Waals surface area contributed by atoms with Crippen LogP contribution in [0, 0.1) is 0 Å². The predicted molar refractivity (Wildman–Crippen MR) is 74.5 cm³/mol. The minimum absolute atomic E-state index is 0.222. The molecule has 1 aromatic heterocycles. The first kappa shape index (κ1) is 13.1. The molecule has 1 fully saturated rings. The first-order valence-corrected chi connectivity index (χ1v) is 7.15. The van der Waals surface area contributed by atoms with Crippen molar-refractivity contribution >= 4 is 0 Å². The number of nitrogens with one attached hydrogen (secondary N) is 1. The molecule has 0 saturated carbocycles. The highest BCUT2D eigenvalue weighted by molar-refractivity contribution is 5.20. The van der Waals surface area contributed by atoms with Crippen LogP contribution in [0.3, 0.4) is 0 Å². The molecule has 5 nitrogen and oxygen atoms in total. The highest BCUT2D eigenvalue weighted by Gasteiger charge is 2.20. The van der Waals surface area contributed by atoms with Crippen molar-refractivity contribution in [2.24, 2.45) is 0 Å². The second kappa shape index (κ2) is 6.52. The van der Waals surface area contributed by atoms with Gasteiger partial charge in [-0.25, -0.2) is 0 Å². The van der Waals surface area contributed by atoms with E-state index in [0.29, 0.717) is 24.7 Å². The average Bonchev–Trinajstić information content (AvgIpc) is 2.98. The van der Waals surface area contributed by atoms with Crippen molar-refractivity contribution in [2.45, 2.75) is 31.7 Å². The largest absolute Gasteiger partial charge is 0.493 e. The number of para-hydroxylation sites is 1. The molecule has 2 aromatic rings. The lowest BCUT2D eigenvalue weighted by atomic mass is 10.1. The van der Waals surface area contributed by atoms with Gasteiger partial charge in [0.2, 0.25) is 5.89 Å². The number of ether oxygens (including phenoxy) is 1. The molecule has 1 aliphatic rings. The second-order valence-electron chi connectivity index (χ2n) is 4.96. The Morgan fingerprint density at radius 2 is 2.15 bits per heavy atom. The topological polar surface area (TPSA) is 60.2 Å². The zero-order valence-corrected chi connectivity index (χ0v) is 11.4. The van der Waals surface area contributed by atoms with E-state index in [1.807, 2.05) is 30.3 Å². The van der Waals surface area contributed by atoms with Crippen molar-refractivity contribution in [3.8, 4) is 5.75 Å². The monoisotopic (exact) mass is 273 g/mol. The maximum Gasteiger partial charge on any atom is 0.243 e. The number of aromatic nitrogens is 2. The number of hydrogen-bond acceptors (Lipinski definition) is 5. The van der Waals surface area contributed by atoms with Crippen LogP contribution in [-0.2, 0) is 6.42 Å². The molecular formula is C15H19N3O2. The molecular weight excluding hydrogens is 254 g/mol. The Labute approximate surface area is 118 Å². The first-order chi connectivity index (χ1) is 9.92.